The maximum atomic E-state index is 11.5. The maximum Gasteiger partial charge on any atom is 0.308 e. The molecule has 0 saturated carbocycles. The van der Waals surface area contributed by atoms with Gasteiger partial charge in [-0.05, 0) is 34.6 Å². The first kappa shape index (κ1) is 15.9. The summed E-state index contributed by atoms with van der Waals surface area (Å²) in [6, 6.07) is 0. The van der Waals surface area contributed by atoms with Gasteiger partial charge in [-0.25, -0.2) is 4.68 Å². The third-order valence-electron chi connectivity index (χ3n) is 3.80. The molecule has 0 amide bonds. The molecule has 0 spiro atoms. The van der Waals surface area contributed by atoms with E-state index in [0.29, 0.717) is 24.8 Å². The van der Waals surface area contributed by atoms with Gasteiger partial charge in [0.15, 0.2) is 5.82 Å². The number of tetrazole rings is 1. The van der Waals surface area contributed by atoms with Crippen LogP contribution in [-0.4, -0.2) is 37.9 Å². The summed E-state index contributed by atoms with van der Waals surface area (Å²) in [4.78, 5) is 11.5. The lowest BCUT2D eigenvalue weighted by atomic mass is 9.84. The van der Waals surface area contributed by atoms with Crippen LogP contribution >= 0.6 is 0 Å². The van der Waals surface area contributed by atoms with Crippen LogP contribution in [0.25, 0.3) is 0 Å². The summed E-state index contributed by atoms with van der Waals surface area (Å²) in [7, 11) is 0. The Labute approximate surface area is 124 Å². The van der Waals surface area contributed by atoms with Crippen molar-refractivity contribution in [2.75, 3.05) is 6.61 Å². The predicted molar refractivity (Wildman–Crippen MR) is 75.5 cm³/mol. The zero-order chi connectivity index (χ0) is 15.6. The van der Waals surface area contributed by atoms with E-state index in [4.69, 9.17) is 4.74 Å². The van der Waals surface area contributed by atoms with Crippen molar-refractivity contribution in [3.8, 4) is 0 Å². The Balaban J connectivity index is 2.14. The van der Waals surface area contributed by atoms with Crippen molar-refractivity contribution in [1.82, 2.24) is 20.2 Å². The number of aliphatic carboxylic acids is 1. The Morgan fingerprint density at radius 3 is 2.76 bits per heavy atom. The highest BCUT2D eigenvalue weighted by atomic mass is 16.5. The van der Waals surface area contributed by atoms with E-state index in [1.807, 2.05) is 20.8 Å². The van der Waals surface area contributed by atoms with Crippen molar-refractivity contribution in [2.45, 2.75) is 53.2 Å². The van der Waals surface area contributed by atoms with Gasteiger partial charge in [-0.2, -0.15) is 0 Å². The van der Waals surface area contributed by atoms with Crippen molar-refractivity contribution in [3.05, 3.63) is 5.82 Å². The minimum atomic E-state index is -0.813. The first-order chi connectivity index (χ1) is 9.78. The zero-order valence-electron chi connectivity index (χ0n) is 13.1. The number of nitrogens with zero attached hydrogens (tertiary/aromatic N) is 4. The van der Waals surface area contributed by atoms with E-state index < -0.39 is 11.9 Å². The lowest BCUT2D eigenvalue weighted by Crippen LogP contribution is -2.27. The monoisotopic (exact) mass is 296 g/mol. The summed E-state index contributed by atoms with van der Waals surface area (Å²) >= 11 is 0. The molecular weight excluding hydrogens is 272 g/mol. The van der Waals surface area contributed by atoms with Crippen LogP contribution < -0.4 is 0 Å². The van der Waals surface area contributed by atoms with Crippen LogP contribution in [0.4, 0.5) is 0 Å². The molecule has 3 atom stereocenters. The topological polar surface area (TPSA) is 90.1 Å². The highest BCUT2D eigenvalue weighted by Gasteiger charge is 2.33. The molecule has 0 radical (unpaired) electrons. The molecule has 0 bridgehead atoms. The number of carboxylic acids is 1. The summed E-state index contributed by atoms with van der Waals surface area (Å²) in [5, 5.41) is 21.1. The molecule has 0 aromatic carbocycles. The first-order valence-corrected chi connectivity index (χ1v) is 7.38. The number of aromatic nitrogens is 4. The van der Waals surface area contributed by atoms with Gasteiger partial charge in [0.2, 0.25) is 0 Å². The van der Waals surface area contributed by atoms with E-state index in [1.165, 1.54) is 0 Å². The maximum absolute atomic E-state index is 11.5. The first-order valence-electron chi connectivity index (χ1n) is 7.38. The van der Waals surface area contributed by atoms with E-state index in [-0.39, 0.29) is 18.1 Å². The van der Waals surface area contributed by atoms with Crippen LogP contribution in [0.3, 0.4) is 0 Å². The summed E-state index contributed by atoms with van der Waals surface area (Å²) in [5.41, 5.74) is -0.0611. The Morgan fingerprint density at radius 2 is 2.24 bits per heavy atom. The molecule has 1 saturated heterocycles. The van der Waals surface area contributed by atoms with Gasteiger partial charge in [0.25, 0.3) is 0 Å². The molecule has 1 fully saturated rings. The Hall–Kier alpha value is -1.50. The number of carboxylic acid groups (broad SMARTS) is 1. The summed E-state index contributed by atoms with van der Waals surface area (Å²) in [6.07, 6.45) is 1.41. The Morgan fingerprint density at radius 1 is 1.52 bits per heavy atom. The largest absolute Gasteiger partial charge is 0.481 e. The van der Waals surface area contributed by atoms with Crippen molar-refractivity contribution >= 4 is 5.97 Å². The summed E-state index contributed by atoms with van der Waals surface area (Å²) in [5.74, 6) is -0.337. The molecule has 118 valence electrons. The molecule has 7 nitrogen and oxygen atoms in total. The van der Waals surface area contributed by atoms with Gasteiger partial charge in [0, 0.05) is 6.61 Å². The van der Waals surface area contributed by atoms with Gasteiger partial charge in [0.05, 0.1) is 12.5 Å². The average molecular weight is 296 g/mol. The van der Waals surface area contributed by atoms with Crippen LogP contribution in [0, 0.1) is 17.3 Å². The van der Waals surface area contributed by atoms with Gasteiger partial charge in [-0.1, -0.05) is 27.7 Å². The fourth-order valence-electron chi connectivity index (χ4n) is 2.75. The van der Waals surface area contributed by atoms with Gasteiger partial charge >= 0.3 is 5.97 Å². The molecule has 1 aliphatic rings. The van der Waals surface area contributed by atoms with E-state index in [2.05, 4.69) is 22.4 Å². The third kappa shape index (κ3) is 4.00. The molecule has 0 aliphatic carbocycles. The Bertz CT molecular complexity index is 495. The van der Waals surface area contributed by atoms with Crippen LogP contribution in [0.1, 0.15) is 52.5 Å². The van der Waals surface area contributed by atoms with Gasteiger partial charge in [-0.3, -0.25) is 4.79 Å². The van der Waals surface area contributed by atoms with E-state index in [0.717, 1.165) is 6.42 Å². The lowest BCUT2D eigenvalue weighted by Gasteiger charge is -2.23. The smallest absolute Gasteiger partial charge is 0.308 e. The van der Waals surface area contributed by atoms with Gasteiger partial charge in [0.1, 0.15) is 6.10 Å². The third-order valence-corrected chi connectivity index (χ3v) is 3.80. The van der Waals surface area contributed by atoms with Gasteiger partial charge in [-0.15, -0.1) is 5.10 Å². The van der Waals surface area contributed by atoms with E-state index in [1.54, 1.807) is 4.68 Å². The number of hydrogen-bond acceptors (Lipinski definition) is 5. The molecular formula is C14H24N4O3. The SMILES string of the molecule is CC1CCOC1c1nnnn1CC(CC(C)(C)C)C(=O)O. The normalized spacial score (nSPS) is 24.2. The molecule has 3 unspecified atom stereocenters. The lowest BCUT2D eigenvalue weighted by molar-refractivity contribution is -0.143. The predicted octanol–water partition coefficient (Wildman–Crippen LogP) is 1.91. The fraction of sp³-hybridized carbons (Fsp3) is 0.857. The fourth-order valence-corrected chi connectivity index (χ4v) is 2.75. The van der Waals surface area contributed by atoms with Gasteiger partial charge < -0.3 is 9.84 Å². The molecule has 7 heteroatoms. The number of ether oxygens (including phenoxy) is 1. The number of hydrogen-bond donors (Lipinski definition) is 1. The van der Waals surface area contributed by atoms with Crippen molar-refractivity contribution < 1.29 is 14.6 Å². The number of carbonyl (C=O) groups is 1. The summed E-state index contributed by atoms with van der Waals surface area (Å²) in [6.45, 7) is 9.17. The molecule has 1 aromatic rings. The van der Waals surface area contributed by atoms with Crippen molar-refractivity contribution in [1.29, 1.82) is 0 Å². The average Bonchev–Trinajstić information content (AvgIpc) is 2.95. The molecule has 1 aliphatic heterocycles. The van der Waals surface area contributed by atoms with E-state index >= 15 is 0 Å². The van der Waals surface area contributed by atoms with Crippen molar-refractivity contribution in [3.63, 3.8) is 0 Å². The molecule has 2 heterocycles. The Kier molecular flexibility index (Phi) is 4.61. The second kappa shape index (κ2) is 6.09. The molecule has 1 N–H and O–H groups in total. The minimum Gasteiger partial charge on any atom is -0.481 e. The quantitative estimate of drug-likeness (QED) is 0.892. The summed E-state index contributed by atoms with van der Waals surface area (Å²) < 4.78 is 7.28. The molecule has 1 aromatic heterocycles. The molecule has 2 rings (SSSR count). The van der Waals surface area contributed by atoms with Crippen LogP contribution in [0.5, 0.6) is 0 Å². The van der Waals surface area contributed by atoms with Crippen LogP contribution in [-0.2, 0) is 16.1 Å². The van der Waals surface area contributed by atoms with Crippen molar-refractivity contribution in [2.24, 2.45) is 17.3 Å². The molecule has 21 heavy (non-hydrogen) atoms. The zero-order valence-corrected chi connectivity index (χ0v) is 13.1. The van der Waals surface area contributed by atoms with Crippen LogP contribution in [0.15, 0.2) is 0 Å². The highest BCUT2D eigenvalue weighted by molar-refractivity contribution is 5.69. The standard InChI is InChI=1S/C14H24N4O3/c1-9-5-6-21-11(9)12-15-16-17-18(12)8-10(13(19)20)7-14(2,3)4/h9-11H,5-8H2,1-4H3,(H,19,20). The van der Waals surface area contributed by atoms with E-state index in [9.17, 15) is 9.90 Å². The second-order valence-corrected chi connectivity index (χ2v) is 7.08. The highest BCUT2D eigenvalue weighted by Crippen LogP contribution is 2.33. The second-order valence-electron chi connectivity index (χ2n) is 7.08. The van der Waals surface area contributed by atoms with Crippen LogP contribution in [0.2, 0.25) is 0 Å². The minimum absolute atomic E-state index is 0.0611. The number of rotatable bonds is 5.